The van der Waals surface area contributed by atoms with Gasteiger partial charge in [0, 0.05) is 5.69 Å². The SMILES string of the molecule is Cc1cc(NC(=O)C2(C)CCCN2)ccc1-n1cnnn1. The highest BCUT2D eigenvalue weighted by Gasteiger charge is 2.35. The molecule has 1 aromatic heterocycles. The average molecular weight is 286 g/mol. The van der Waals surface area contributed by atoms with Gasteiger partial charge in [0.15, 0.2) is 0 Å². The Balaban J connectivity index is 1.78. The normalized spacial score (nSPS) is 21.4. The molecule has 0 radical (unpaired) electrons. The number of carbonyl (C=O) groups excluding carboxylic acids is 1. The predicted molar refractivity (Wildman–Crippen MR) is 78.2 cm³/mol. The van der Waals surface area contributed by atoms with Crippen LogP contribution in [0.5, 0.6) is 0 Å². The van der Waals surface area contributed by atoms with Crippen LogP contribution in [0.1, 0.15) is 25.3 Å². The third-order valence-electron chi connectivity index (χ3n) is 3.92. The molecule has 1 atom stereocenters. The highest BCUT2D eigenvalue weighted by Crippen LogP contribution is 2.22. The number of aromatic nitrogens is 4. The van der Waals surface area contributed by atoms with Crippen LogP contribution in [0, 0.1) is 6.92 Å². The van der Waals surface area contributed by atoms with Gasteiger partial charge < -0.3 is 10.6 Å². The number of carbonyl (C=O) groups is 1. The van der Waals surface area contributed by atoms with Crippen molar-refractivity contribution in [3.8, 4) is 5.69 Å². The molecule has 0 spiro atoms. The molecule has 1 aliphatic heterocycles. The van der Waals surface area contributed by atoms with Crippen molar-refractivity contribution in [1.29, 1.82) is 0 Å². The first-order chi connectivity index (χ1) is 10.1. The standard InChI is InChI=1S/C14H18N6O/c1-10-8-11(4-5-12(10)20-9-16-18-19-20)17-13(21)14(2)6-3-7-15-14/h4-5,8-9,15H,3,6-7H2,1-2H3,(H,17,21). The molecule has 2 aromatic rings. The molecule has 1 fully saturated rings. The number of rotatable bonds is 3. The maximum absolute atomic E-state index is 12.4. The molecule has 3 rings (SSSR count). The number of hydrogen-bond donors (Lipinski definition) is 2. The molecule has 1 unspecified atom stereocenters. The lowest BCUT2D eigenvalue weighted by atomic mass is 9.99. The lowest BCUT2D eigenvalue weighted by Gasteiger charge is -2.23. The zero-order valence-corrected chi connectivity index (χ0v) is 12.1. The van der Waals surface area contributed by atoms with Gasteiger partial charge in [-0.2, -0.15) is 0 Å². The molecule has 7 heteroatoms. The van der Waals surface area contributed by atoms with Crippen molar-refractivity contribution in [3.05, 3.63) is 30.1 Å². The van der Waals surface area contributed by atoms with Gasteiger partial charge in [-0.15, -0.1) is 5.10 Å². The largest absolute Gasteiger partial charge is 0.324 e. The van der Waals surface area contributed by atoms with Crippen LogP contribution in [0.2, 0.25) is 0 Å². The highest BCUT2D eigenvalue weighted by molar-refractivity contribution is 5.98. The summed E-state index contributed by atoms with van der Waals surface area (Å²) in [5.41, 5.74) is 2.19. The molecule has 1 amide bonds. The van der Waals surface area contributed by atoms with E-state index in [0.29, 0.717) is 0 Å². The molecule has 2 heterocycles. The summed E-state index contributed by atoms with van der Waals surface area (Å²) in [7, 11) is 0. The van der Waals surface area contributed by atoms with Crippen LogP contribution < -0.4 is 10.6 Å². The van der Waals surface area contributed by atoms with Crippen LogP contribution in [0.25, 0.3) is 5.69 Å². The van der Waals surface area contributed by atoms with E-state index in [1.54, 1.807) is 11.0 Å². The molecule has 110 valence electrons. The van der Waals surface area contributed by atoms with Crippen LogP contribution in [-0.2, 0) is 4.79 Å². The number of hydrogen-bond acceptors (Lipinski definition) is 5. The van der Waals surface area contributed by atoms with E-state index in [9.17, 15) is 4.79 Å². The molecular formula is C14H18N6O. The van der Waals surface area contributed by atoms with Gasteiger partial charge in [-0.25, -0.2) is 4.68 Å². The van der Waals surface area contributed by atoms with Crippen LogP contribution in [0.3, 0.4) is 0 Å². The second-order valence-electron chi connectivity index (χ2n) is 5.57. The molecular weight excluding hydrogens is 268 g/mol. The number of tetrazole rings is 1. The predicted octanol–water partition coefficient (Wildman–Crippen LogP) is 1.05. The van der Waals surface area contributed by atoms with E-state index in [1.807, 2.05) is 32.0 Å². The summed E-state index contributed by atoms with van der Waals surface area (Å²) in [6, 6.07) is 5.68. The number of benzene rings is 1. The Hall–Kier alpha value is -2.28. The Labute approximate surface area is 122 Å². The van der Waals surface area contributed by atoms with Crippen LogP contribution in [0.4, 0.5) is 5.69 Å². The smallest absolute Gasteiger partial charge is 0.244 e. The Kier molecular flexibility index (Phi) is 3.42. The second-order valence-corrected chi connectivity index (χ2v) is 5.57. The fourth-order valence-corrected chi connectivity index (χ4v) is 2.62. The zero-order valence-electron chi connectivity index (χ0n) is 12.1. The molecule has 0 saturated carbocycles. The van der Waals surface area contributed by atoms with Crippen molar-refractivity contribution in [3.63, 3.8) is 0 Å². The fraction of sp³-hybridized carbons (Fsp3) is 0.429. The van der Waals surface area contributed by atoms with E-state index in [-0.39, 0.29) is 5.91 Å². The van der Waals surface area contributed by atoms with Crippen LogP contribution in [-0.4, -0.2) is 38.2 Å². The summed E-state index contributed by atoms with van der Waals surface area (Å²) < 4.78 is 1.60. The molecule has 7 nitrogen and oxygen atoms in total. The molecule has 2 N–H and O–H groups in total. The monoisotopic (exact) mass is 286 g/mol. The van der Waals surface area contributed by atoms with Gasteiger partial charge in [0.2, 0.25) is 5.91 Å². The number of amides is 1. The van der Waals surface area contributed by atoms with Crippen molar-refractivity contribution in [1.82, 2.24) is 25.5 Å². The Morgan fingerprint density at radius 2 is 2.33 bits per heavy atom. The Morgan fingerprint density at radius 1 is 1.48 bits per heavy atom. The average Bonchev–Trinajstić information content (AvgIpc) is 3.11. The van der Waals surface area contributed by atoms with E-state index < -0.39 is 5.54 Å². The van der Waals surface area contributed by atoms with Gasteiger partial charge in [-0.05, 0) is 67.4 Å². The van der Waals surface area contributed by atoms with Gasteiger partial charge in [-0.1, -0.05) is 0 Å². The van der Waals surface area contributed by atoms with Gasteiger partial charge in [0.25, 0.3) is 0 Å². The molecule has 0 bridgehead atoms. The number of nitrogens with one attached hydrogen (secondary N) is 2. The van der Waals surface area contributed by atoms with Crippen molar-refractivity contribution < 1.29 is 4.79 Å². The van der Waals surface area contributed by atoms with E-state index in [2.05, 4.69) is 26.2 Å². The number of anilines is 1. The van der Waals surface area contributed by atoms with Crippen molar-refractivity contribution in [2.75, 3.05) is 11.9 Å². The quantitative estimate of drug-likeness (QED) is 0.881. The second kappa shape index (κ2) is 5.25. The maximum Gasteiger partial charge on any atom is 0.244 e. The van der Waals surface area contributed by atoms with E-state index in [4.69, 9.17) is 0 Å². The molecule has 21 heavy (non-hydrogen) atoms. The Bertz CT molecular complexity index is 645. The Morgan fingerprint density at radius 3 is 2.95 bits per heavy atom. The lowest BCUT2D eigenvalue weighted by molar-refractivity contribution is -0.121. The number of aryl methyl sites for hydroxylation is 1. The first-order valence-electron chi connectivity index (χ1n) is 6.99. The zero-order chi connectivity index (χ0) is 14.9. The van der Waals surface area contributed by atoms with Crippen molar-refractivity contribution in [2.24, 2.45) is 0 Å². The van der Waals surface area contributed by atoms with E-state index >= 15 is 0 Å². The van der Waals surface area contributed by atoms with E-state index in [0.717, 1.165) is 36.3 Å². The van der Waals surface area contributed by atoms with E-state index in [1.165, 1.54) is 0 Å². The summed E-state index contributed by atoms with van der Waals surface area (Å²) in [6.45, 7) is 4.79. The van der Waals surface area contributed by atoms with Gasteiger partial charge in [0.05, 0.1) is 11.2 Å². The summed E-state index contributed by atoms with van der Waals surface area (Å²) in [5.74, 6) is 0.00886. The van der Waals surface area contributed by atoms with Gasteiger partial charge in [0.1, 0.15) is 6.33 Å². The van der Waals surface area contributed by atoms with Gasteiger partial charge >= 0.3 is 0 Å². The lowest BCUT2D eigenvalue weighted by Crippen LogP contribution is -2.47. The summed E-state index contributed by atoms with van der Waals surface area (Å²) >= 11 is 0. The maximum atomic E-state index is 12.4. The minimum atomic E-state index is -0.470. The van der Waals surface area contributed by atoms with Crippen LogP contribution in [0.15, 0.2) is 24.5 Å². The summed E-state index contributed by atoms with van der Waals surface area (Å²) in [5, 5.41) is 17.4. The van der Waals surface area contributed by atoms with Crippen molar-refractivity contribution in [2.45, 2.75) is 32.2 Å². The number of nitrogens with zero attached hydrogens (tertiary/aromatic N) is 4. The summed E-state index contributed by atoms with van der Waals surface area (Å²) in [4.78, 5) is 12.4. The minimum absolute atomic E-state index is 0.00886. The molecule has 1 aromatic carbocycles. The first kappa shape index (κ1) is 13.7. The molecule has 0 aliphatic carbocycles. The fourth-order valence-electron chi connectivity index (χ4n) is 2.62. The molecule has 1 aliphatic rings. The van der Waals surface area contributed by atoms with Gasteiger partial charge in [-0.3, -0.25) is 4.79 Å². The third-order valence-corrected chi connectivity index (χ3v) is 3.92. The first-order valence-corrected chi connectivity index (χ1v) is 6.99. The summed E-state index contributed by atoms with van der Waals surface area (Å²) in [6.07, 6.45) is 3.44. The minimum Gasteiger partial charge on any atom is -0.324 e. The van der Waals surface area contributed by atoms with Crippen LogP contribution >= 0.6 is 0 Å². The third kappa shape index (κ3) is 2.64. The highest BCUT2D eigenvalue weighted by atomic mass is 16.2. The topological polar surface area (TPSA) is 84.7 Å². The molecule has 1 saturated heterocycles. The van der Waals surface area contributed by atoms with Crippen molar-refractivity contribution >= 4 is 11.6 Å².